The van der Waals surface area contributed by atoms with Crippen molar-refractivity contribution in [3.05, 3.63) is 32.0 Å². The molecule has 2 aromatic heterocycles. The molecule has 0 atom stereocenters. The first-order valence-electron chi connectivity index (χ1n) is 4.68. The van der Waals surface area contributed by atoms with Gasteiger partial charge in [0.15, 0.2) is 0 Å². The minimum atomic E-state index is -0.570. The molecule has 7 nitrogen and oxygen atoms in total. The van der Waals surface area contributed by atoms with Crippen molar-refractivity contribution in [1.29, 1.82) is 0 Å². The van der Waals surface area contributed by atoms with Crippen molar-refractivity contribution in [2.24, 2.45) is 0 Å². The number of nitrogens with zero attached hydrogens (tertiary/aromatic N) is 2. The molecular formula is C9H8N4O3S. The van der Waals surface area contributed by atoms with Crippen LogP contribution in [-0.2, 0) is 0 Å². The van der Waals surface area contributed by atoms with E-state index in [2.05, 4.69) is 27.0 Å². The molecule has 0 spiro atoms. The molecule has 2 heterocycles. The van der Waals surface area contributed by atoms with Crippen molar-refractivity contribution >= 4 is 11.3 Å². The van der Waals surface area contributed by atoms with E-state index in [1.54, 1.807) is 0 Å². The third-order valence-electron chi connectivity index (χ3n) is 1.82. The van der Waals surface area contributed by atoms with Gasteiger partial charge in [-0.1, -0.05) is 23.2 Å². The van der Waals surface area contributed by atoms with E-state index in [1.165, 1.54) is 6.20 Å². The topological polar surface area (TPSA) is 104 Å². The van der Waals surface area contributed by atoms with E-state index in [-0.39, 0.29) is 11.7 Å². The molecule has 0 saturated heterocycles. The molecule has 3 N–H and O–H groups in total. The Balaban J connectivity index is 2.35. The SMILES string of the molecule is O=c1[nH][nH]c(=O)n1-c1ncc(C#CCCO)s1. The molecule has 0 saturated carbocycles. The van der Waals surface area contributed by atoms with Gasteiger partial charge in [0.25, 0.3) is 0 Å². The lowest BCUT2D eigenvalue weighted by atomic mass is 10.4. The molecule has 0 aliphatic rings. The van der Waals surface area contributed by atoms with Crippen molar-refractivity contribution in [1.82, 2.24) is 19.7 Å². The molecule has 2 aromatic rings. The fourth-order valence-electron chi connectivity index (χ4n) is 1.12. The number of aliphatic hydroxyl groups excluding tert-OH is 1. The average Bonchev–Trinajstić information content (AvgIpc) is 2.87. The maximum atomic E-state index is 11.3. The highest BCUT2D eigenvalue weighted by molar-refractivity contribution is 7.14. The Labute approximate surface area is 98.8 Å². The molecular weight excluding hydrogens is 244 g/mol. The third-order valence-corrected chi connectivity index (χ3v) is 2.71. The van der Waals surface area contributed by atoms with Crippen molar-refractivity contribution in [2.75, 3.05) is 6.61 Å². The second-order valence-corrected chi connectivity index (χ2v) is 3.99. The lowest BCUT2D eigenvalue weighted by molar-refractivity contribution is 0.305. The van der Waals surface area contributed by atoms with Gasteiger partial charge in [-0.3, -0.25) is 0 Å². The predicted molar refractivity (Wildman–Crippen MR) is 61.3 cm³/mol. The summed E-state index contributed by atoms with van der Waals surface area (Å²) >= 11 is 1.13. The lowest BCUT2D eigenvalue weighted by Crippen LogP contribution is -2.24. The number of thiazole rings is 1. The van der Waals surface area contributed by atoms with E-state index < -0.39 is 11.4 Å². The Morgan fingerprint density at radius 3 is 2.76 bits per heavy atom. The van der Waals surface area contributed by atoms with Crippen LogP contribution in [0.3, 0.4) is 0 Å². The maximum absolute atomic E-state index is 11.3. The van der Waals surface area contributed by atoms with E-state index in [4.69, 9.17) is 5.11 Å². The van der Waals surface area contributed by atoms with Gasteiger partial charge in [0.1, 0.15) is 0 Å². The summed E-state index contributed by atoms with van der Waals surface area (Å²) in [4.78, 5) is 27.1. The number of aromatic amines is 2. The number of aliphatic hydroxyl groups is 1. The van der Waals surface area contributed by atoms with Gasteiger partial charge in [-0.25, -0.2) is 24.8 Å². The standard InChI is InChI=1S/C9H8N4O3S/c14-4-2-1-3-6-5-10-9(17-6)13-7(15)11-12-8(13)16/h5,14H,2,4H2,(H,11,15)(H,12,16). The Hall–Kier alpha value is -2.11. The van der Waals surface area contributed by atoms with E-state index in [9.17, 15) is 9.59 Å². The van der Waals surface area contributed by atoms with Crippen LogP contribution in [-0.4, -0.2) is 31.5 Å². The summed E-state index contributed by atoms with van der Waals surface area (Å²) in [6.45, 7) is -0.00437. The van der Waals surface area contributed by atoms with Crippen molar-refractivity contribution < 1.29 is 5.11 Å². The number of H-pyrrole nitrogens is 2. The minimum Gasteiger partial charge on any atom is -0.395 e. The minimum absolute atomic E-state index is 0.00437. The summed E-state index contributed by atoms with van der Waals surface area (Å²) in [5.41, 5.74) is -1.14. The van der Waals surface area contributed by atoms with Gasteiger partial charge in [0, 0.05) is 6.42 Å². The highest BCUT2D eigenvalue weighted by atomic mass is 32.1. The summed E-state index contributed by atoms with van der Waals surface area (Å²) in [7, 11) is 0. The first-order chi connectivity index (χ1) is 8.22. The quantitative estimate of drug-likeness (QED) is 0.599. The zero-order valence-electron chi connectivity index (χ0n) is 8.56. The van der Waals surface area contributed by atoms with Gasteiger partial charge >= 0.3 is 11.4 Å². The van der Waals surface area contributed by atoms with Crippen LogP contribution in [0.15, 0.2) is 15.8 Å². The first-order valence-corrected chi connectivity index (χ1v) is 5.49. The number of aromatic nitrogens is 4. The molecule has 0 bridgehead atoms. The van der Waals surface area contributed by atoms with Crippen molar-refractivity contribution in [3.8, 4) is 17.0 Å². The normalized spacial score (nSPS) is 9.94. The fraction of sp³-hybridized carbons (Fsp3) is 0.222. The number of hydrogen-bond donors (Lipinski definition) is 3. The van der Waals surface area contributed by atoms with Crippen molar-refractivity contribution in [3.63, 3.8) is 0 Å². The van der Waals surface area contributed by atoms with Crippen molar-refractivity contribution in [2.45, 2.75) is 6.42 Å². The summed E-state index contributed by atoms with van der Waals surface area (Å²) < 4.78 is 0.891. The van der Waals surface area contributed by atoms with E-state index in [0.29, 0.717) is 11.3 Å². The number of hydrogen-bond acceptors (Lipinski definition) is 5. The molecule has 0 fully saturated rings. The number of nitrogens with one attached hydrogen (secondary N) is 2. The fourth-order valence-corrected chi connectivity index (χ4v) is 1.90. The molecule has 0 aliphatic heterocycles. The third kappa shape index (κ3) is 2.35. The van der Waals surface area contributed by atoms with Crippen LogP contribution in [0.4, 0.5) is 0 Å². The smallest absolute Gasteiger partial charge is 0.350 e. The van der Waals surface area contributed by atoms with E-state index >= 15 is 0 Å². The Bertz CT molecular complexity index is 654. The van der Waals surface area contributed by atoms with Crippen LogP contribution >= 0.6 is 11.3 Å². The molecule has 0 unspecified atom stereocenters. The van der Waals surface area contributed by atoms with Gasteiger partial charge in [0.2, 0.25) is 5.13 Å². The molecule has 17 heavy (non-hydrogen) atoms. The monoisotopic (exact) mass is 252 g/mol. The van der Waals surface area contributed by atoms with E-state index in [0.717, 1.165) is 15.9 Å². The Kier molecular flexibility index (Phi) is 3.22. The van der Waals surface area contributed by atoms with Crippen LogP contribution < -0.4 is 11.4 Å². The molecule has 0 aliphatic carbocycles. The number of rotatable bonds is 2. The molecule has 0 amide bonds. The Morgan fingerprint density at radius 1 is 1.41 bits per heavy atom. The van der Waals surface area contributed by atoms with Gasteiger partial charge in [0.05, 0.1) is 17.7 Å². The van der Waals surface area contributed by atoms with Crippen LogP contribution in [0.2, 0.25) is 0 Å². The summed E-state index contributed by atoms with van der Waals surface area (Å²) in [6, 6.07) is 0. The highest BCUT2D eigenvalue weighted by Gasteiger charge is 2.09. The molecule has 2 rings (SSSR count). The van der Waals surface area contributed by atoms with Crippen LogP contribution in [0, 0.1) is 11.8 Å². The molecule has 8 heteroatoms. The van der Waals surface area contributed by atoms with Crippen LogP contribution in [0.25, 0.3) is 5.13 Å². The highest BCUT2D eigenvalue weighted by Crippen LogP contribution is 2.13. The predicted octanol–water partition coefficient (Wildman–Crippen LogP) is -0.956. The van der Waals surface area contributed by atoms with Crippen LogP contribution in [0.5, 0.6) is 0 Å². The van der Waals surface area contributed by atoms with Gasteiger partial charge in [-0.05, 0) is 0 Å². The molecule has 0 radical (unpaired) electrons. The largest absolute Gasteiger partial charge is 0.395 e. The average molecular weight is 252 g/mol. The summed E-state index contributed by atoms with van der Waals surface area (Å²) in [5.74, 6) is 5.50. The van der Waals surface area contributed by atoms with E-state index in [1.807, 2.05) is 0 Å². The summed E-state index contributed by atoms with van der Waals surface area (Å²) in [6.07, 6.45) is 1.85. The zero-order valence-corrected chi connectivity index (χ0v) is 9.37. The Morgan fingerprint density at radius 2 is 2.12 bits per heavy atom. The zero-order chi connectivity index (χ0) is 12.3. The van der Waals surface area contributed by atoms with Crippen LogP contribution in [0.1, 0.15) is 11.3 Å². The summed E-state index contributed by atoms with van der Waals surface area (Å²) in [5, 5.41) is 13.1. The van der Waals surface area contributed by atoms with Gasteiger partial charge in [-0.15, -0.1) is 0 Å². The second kappa shape index (κ2) is 4.82. The lowest BCUT2D eigenvalue weighted by Gasteiger charge is -1.87. The first kappa shape index (κ1) is 11.4. The maximum Gasteiger partial charge on any atom is 0.350 e. The van der Waals surface area contributed by atoms with Gasteiger partial charge in [-0.2, -0.15) is 4.57 Å². The molecule has 88 valence electrons. The second-order valence-electron chi connectivity index (χ2n) is 2.98. The molecule has 0 aromatic carbocycles. The van der Waals surface area contributed by atoms with Gasteiger partial charge < -0.3 is 5.11 Å².